The van der Waals surface area contributed by atoms with Gasteiger partial charge in [-0.3, -0.25) is 0 Å². The number of nitrogens with two attached hydrogens (primary N) is 1. The Morgan fingerprint density at radius 2 is 1.95 bits per heavy atom. The van der Waals surface area contributed by atoms with Gasteiger partial charge in [0.1, 0.15) is 11.6 Å². The van der Waals surface area contributed by atoms with Gasteiger partial charge in [-0.15, -0.1) is 0 Å². The Morgan fingerprint density at radius 1 is 1.20 bits per heavy atom. The van der Waals surface area contributed by atoms with Crippen LogP contribution in [-0.4, -0.2) is 6.10 Å². The molecule has 0 aromatic heterocycles. The first-order valence-corrected chi connectivity index (χ1v) is 6.62. The highest BCUT2D eigenvalue weighted by molar-refractivity contribution is 6.30. The fourth-order valence-electron chi connectivity index (χ4n) is 1.71. The Labute approximate surface area is 122 Å². The van der Waals surface area contributed by atoms with Gasteiger partial charge in [-0.2, -0.15) is 0 Å². The van der Waals surface area contributed by atoms with Crippen molar-refractivity contribution < 1.29 is 9.13 Å². The molecule has 106 valence electrons. The Balaban J connectivity index is 2.25. The molecule has 0 spiro atoms. The number of rotatable bonds is 4. The third-order valence-electron chi connectivity index (χ3n) is 2.59. The molecule has 0 heterocycles. The minimum Gasteiger partial charge on any atom is -0.489 e. The van der Waals surface area contributed by atoms with Gasteiger partial charge in [-0.1, -0.05) is 11.6 Å². The van der Waals surface area contributed by atoms with Crippen LogP contribution >= 0.6 is 11.6 Å². The van der Waals surface area contributed by atoms with Crippen molar-refractivity contribution in [2.24, 2.45) is 0 Å². The first kappa shape index (κ1) is 14.5. The zero-order chi connectivity index (χ0) is 14.7. The summed E-state index contributed by atoms with van der Waals surface area (Å²) in [5, 5.41) is 3.33. The molecular formula is C15H16ClFN2O. The number of benzene rings is 2. The van der Waals surface area contributed by atoms with Crippen LogP contribution < -0.4 is 15.8 Å². The number of hydrogen-bond donors (Lipinski definition) is 2. The number of ether oxygens (including phenoxy) is 1. The summed E-state index contributed by atoms with van der Waals surface area (Å²) in [6.45, 7) is 3.83. The zero-order valence-electron chi connectivity index (χ0n) is 11.3. The topological polar surface area (TPSA) is 47.3 Å². The quantitative estimate of drug-likeness (QED) is 0.811. The Morgan fingerprint density at radius 3 is 2.60 bits per heavy atom. The van der Waals surface area contributed by atoms with Crippen LogP contribution in [0.3, 0.4) is 0 Å². The van der Waals surface area contributed by atoms with Crippen LogP contribution in [0.5, 0.6) is 5.75 Å². The van der Waals surface area contributed by atoms with Crippen molar-refractivity contribution in [2.45, 2.75) is 20.0 Å². The summed E-state index contributed by atoms with van der Waals surface area (Å²) in [7, 11) is 0. The van der Waals surface area contributed by atoms with Crippen molar-refractivity contribution in [2.75, 3.05) is 11.1 Å². The van der Waals surface area contributed by atoms with E-state index in [0.29, 0.717) is 27.8 Å². The lowest BCUT2D eigenvalue weighted by atomic mass is 10.2. The van der Waals surface area contributed by atoms with Gasteiger partial charge >= 0.3 is 0 Å². The second-order valence-corrected chi connectivity index (χ2v) is 5.10. The van der Waals surface area contributed by atoms with Crippen molar-refractivity contribution in [3.63, 3.8) is 0 Å². The predicted molar refractivity (Wildman–Crippen MR) is 81.3 cm³/mol. The first-order chi connectivity index (χ1) is 9.45. The molecule has 0 aliphatic heterocycles. The van der Waals surface area contributed by atoms with E-state index in [4.69, 9.17) is 22.1 Å². The monoisotopic (exact) mass is 294 g/mol. The first-order valence-electron chi connectivity index (χ1n) is 6.24. The molecule has 5 heteroatoms. The molecule has 0 atom stereocenters. The molecule has 0 saturated carbocycles. The van der Waals surface area contributed by atoms with Crippen molar-refractivity contribution in [1.82, 2.24) is 0 Å². The van der Waals surface area contributed by atoms with Crippen molar-refractivity contribution in [3.05, 3.63) is 47.2 Å². The van der Waals surface area contributed by atoms with Crippen molar-refractivity contribution >= 4 is 28.7 Å². The lowest BCUT2D eigenvalue weighted by Gasteiger charge is -2.14. The van der Waals surface area contributed by atoms with Gasteiger partial charge in [0.05, 0.1) is 17.5 Å². The lowest BCUT2D eigenvalue weighted by molar-refractivity contribution is 0.244. The van der Waals surface area contributed by atoms with Gasteiger partial charge in [-0.25, -0.2) is 4.39 Å². The van der Waals surface area contributed by atoms with Crippen LogP contribution in [0.4, 0.5) is 21.5 Å². The van der Waals surface area contributed by atoms with Gasteiger partial charge in [0.2, 0.25) is 0 Å². The summed E-state index contributed by atoms with van der Waals surface area (Å²) in [6, 6.07) is 9.67. The molecule has 2 aromatic carbocycles. The highest BCUT2D eigenvalue weighted by atomic mass is 35.5. The molecule has 0 saturated heterocycles. The van der Waals surface area contributed by atoms with Crippen molar-refractivity contribution in [1.29, 1.82) is 0 Å². The van der Waals surface area contributed by atoms with E-state index in [0.717, 1.165) is 0 Å². The molecule has 0 aliphatic rings. The summed E-state index contributed by atoms with van der Waals surface area (Å²) in [4.78, 5) is 0. The normalized spacial score (nSPS) is 10.7. The lowest BCUT2D eigenvalue weighted by Crippen LogP contribution is -2.07. The molecule has 0 amide bonds. The van der Waals surface area contributed by atoms with E-state index < -0.39 is 5.82 Å². The number of hydrogen-bond acceptors (Lipinski definition) is 3. The molecule has 3 N–H and O–H groups in total. The Kier molecular flexibility index (Phi) is 4.35. The van der Waals surface area contributed by atoms with Crippen molar-refractivity contribution in [3.8, 4) is 5.75 Å². The second-order valence-electron chi connectivity index (χ2n) is 4.67. The molecule has 0 bridgehead atoms. The van der Waals surface area contributed by atoms with Crippen LogP contribution in [0.1, 0.15) is 13.8 Å². The van der Waals surface area contributed by atoms with E-state index in [-0.39, 0.29) is 6.10 Å². The average Bonchev–Trinajstić information content (AvgIpc) is 2.36. The maximum atomic E-state index is 13.7. The van der Waals surface area contributed by atoms with E-state index in [1.54, 1.807) is 30.3 Å². The summed E-state index contributed by atoms with van der Waals surface area (Å²) in [5.74, 6) is 0.153. The summed E-state index contributed by atoms with van der Waals surface area (Å²) in [6.07, 6.45) is 0.0137. The molecule has 0 fully saturated rings. The van der Waals surface area contributed by atoms with Crippen LogP contribution in [0, 0.1) is 5.82 Å². The molecule has 0 aliphatic carbocycles. The highest BCUT2D eigenvalue weighted by Crippen LogP contribution is 2.29. The average molecular weight is 295 g/mol. The Hall–Kier alpha value is -1.94. The fourth-order valence-corrected chi connectivity index (χ4v) is 1.87. The minimum atomic E-state index is -0.416. The smallest absolute Gasteiger partial charge is 0.148 e. The number of nitrogen functional groups attached to an aromatic ring is 1. The number of anilines is 3. The second kappa shape index (κ2) is 6.01. The minimum absolute atomic E-state index is 0.0137. The van der Waals surface area contributed by atoms with Crippen LogP contribution in [0.25, 0.3) is 0 Å². The van der Waals surface area contributed by atoms with E-state index in [9.17, 15) is 4.39 Å². The summed E-state index contributed by atoms with van der Waals surface area (Å²) < 4.78 is 19.3. The maximum Gasteiger partial charge on any atom is 0.148 e. The largest absolute Gasteiger partial charge is 0.489 e. The molecule has 20 heavy (non-hydrogen) atoms. The van der Waals surface area contributed by atoms with Gasteiger partial charge < -0.3 is 15.8 Å². The zero-order valence-corrected chi connectivity index (χ0v) is 12.0. The van der Waals surface area contributed by atoms with Gasteiger partial charge in [0.25, 0.3) is 0 Å². The van der Waals surface area contributed by atoms with E-state index in [1.807, 2.05) is 13.8 Å². The van der Waals surface area contributed by atoms with Crippen LogP contribution in [-0.2, 0) is 0 Å². The summed E-state index contributed by atoms with van der Waals surface area (Å²) in [5.41, 5.74) is 7.41. The standard InChI is InChI=1S/C15H16ClFN2O/c1-9(2)20-15-8-11(4-5-13(15)18)19-14-6-3-10(16)7-12(14)17/h3-9,19H,18H2,1-2H3. The Bertz CT molecular complexity index is 617. The fraction of sp³-hybridized carbons (Fsp3) is 0.200. The third-order valence-corrected chi connectivity index (χ3v) is 2.82. The van der Waals surface area contributed by atoms with Crippen LogP contribution in [0.15, 0.2) is 36.4 Å². The molecule has 0 unspecified atom stereocenters. The highest BCUT2D eigenvalue weighted by Gasteiger charge is 2.07. The maximum absolute atomic E-state index is 13.7. The van der Waals surface area contributed by atoms with Crippen LogP contribution in [0.2, 0.25) is 5.02 Å². The van der Waals surface area contributed by atoms with E-state index in [2.05, 4.69) is 5.32 Å². The predicted octanol–water partition coefficient (Wildman–Crippen LogP) is 4.59. The molecular weight excluding hydrogens is 279 g/mol. The number of halogens is 2. The third kappa shape index (κ3) is 3.54. The van der Waals surface area contributed by atoms with Gasteiger partial charge in [-0.05, 0) is 44.2 Å². The van der Waals surface area contributed by atoms with E-state index >= 15 is 0 Å². The molecule has 0 radical (unpaired) electrons. The van der Waals surface area contributed by atoms with E-state index in [1.165, 1.54) is 6.07 Å². The van der Waals surface area contributed by atoms with Gasteiger partial charge in [0, 0.05) is 16.8 Å². The van der Waals surface area contributed by atoms with Gasteiger partial charge in [0.15, 0.2) is 0 Å². The molecule has 2 rings (SSSR count). The summed E-state index contributed by atoms with van der Waals surface area (Å²) >= 11 is 5.72. The SMILES string of the molecule is CC(C)Oc1cc(Nc2ccc(Cl)cc2F)ccc1N. The number of nitrogens with one attached hydrogen (secondary N) is 1. The molecule has 3 nitrogen and oxygen atoms in total. The molecule has 2 aromatic rings.